The maximum absolute atomic E-state index is 10.5. The molecule has 0 bridgehead atoms. The van der Waals surface area contributed by atoms with Gasteiger partial charge in [-0.3, -0.25) is 4.79 Å². The van der Waals surface area contributed by atoms with Crippen molar-refractivity contribution in [1.29, 1.82) is 0 Å². The average Bonchev–Trinajstić information content (AvgIpc) is 2.96. The van der Waals surface area contributed by atoms with E-state index in [1.807, 2.05) is 6.08 Å². The van der Waals surface area contributed by atoms with Gasteiger partial charge in [0.05, 0.1) is 30.5 Å². The molecule has 1 aliphatic heterocycles. The van der Waals surface area contributed by atoms with Crippen molar-refractivity contribution < 1.29 is 30.0 Å². The second-order valence-electron chi connectivity index (χ2n) is 6.95. The number of aliphatic hydroxyl groups excluding tert-OH is 3. The Morgan fingerprint density at radius 2 is 1.96 bits per heavy atom. The summed E-state index contributed by atoms with van der Waals surface area (Å²) in [5.74, 6) is -0.870. The Labute approximate surface area is 156 Å². The van der Waals surface area contributed by atoms with Crippen molar-refractivity contribution in [3.63, 3.8) is 0 Å². The largest absolute Gasteiger partial charge is 0.481 e. The lowest BCUT2D eigenvalue weighted by Gasteiger charge is -2.17. The Morgan fingerprint density at radius 3 is 2.65 bits per heavy atom. The summed E-state index contributed by atoms with van der Waals surface area (Å²) < 4.78 is 5.65. The van der Waals surface area contributed by atoms with Gasteiger partial charge < -0.3 is 25.2 Å². The van der Waals surface area contributed by atoms with Crippen LogP contribution in [-0.4, -0.2) is 56.9 Å². The highest BCUT2D eigenvalue weighted by Crippen LogP contribution is 2.27. The quantitative estimate of drug-likeness (QED) is 0.293. The first-order valence-corrected chi connectivity index (χ1v) is 9.68. The third-order valence-electron chi connectivity index (χ3n) is 4.56. The Morgan fingerprint density at radius 1 is 1.19 bits per heavy atom. The molecule has 0 aromatic carbocycles. The lowest BCUT2D eigenvalue weighted by atomic mass is 10.0. The highest BCUT2D eigenvalue weighted by atomic mass is 16.5. The molecule has 0 amide bonds. The highest BCUT2D eigenvalue weighted by molar-refractivity contribution is 5.66. The predicted octanol–water partition coefficient (Wildman–Crippen LogP) is 2.56. The van der Waals surface area contributed by atoms with Crippen LogP contribution in [0.15, 0.2) is 24.3 Å². The number of rotatable bonds is 13. The second kappa shape index (κ2) is 13.0. The lowest BCUT2D eigenvalue weighted by molar-refractivity contribution is -0.137. The summed E-state index contributed by atoms with van der Waals surface area (Å²) in [5.41, 5.74) is 0. The van der Waals surface area contributed by atoms with Crippen LogP contribution < -0.4 is 0 Å². The van der Waals surface area contributed by atoms with Crippen molar-refractivity contribution in [1.82, 2.24) is 0 Å². The Hall–Kier alpha value is -1.21. The van der Waals surface area contributed by atoms with Crippen molar-refractivity contribution in [2.75, 3.05) is 0 Å². The minimum atomic E-state index is -0.905. The van der Waals surface area contributed by atoms with Crippen LogP contribution in [0.2, 0.25) is 0 Å². The van der Waals surface area contributed by atoms with Gasteiger partial charge in [0.1, 0.15) is 0 Å². The molecule has 0 aromatic heterocycles. The van der Waals surface area contributed by atoms with Crippen LogP contribution in [0.1, 0.15) is 64.7 Å². The number of allylic oxidation sites excluding steroid dienone is 1. The van der Waals surface area contributed by atoms with E-state index in [1.165, 1.54) is 18.9 Å². The number of unbranched alkanes of at least 4 members (excludes halogenated alkanes) is 3. The SMILES string of the molecule is CCCCC/C=C\C[C@@H](O)/C=C\[C@@H](O)[C@H]1C[C@H](O)[C@H](CCCC(=O)O)O1. The monoisotopic (exact) mass is 370 g/mol. The molecule has 1 fully saturated rings. The Kier molecular flexibility index (Phi) is 11.4. The highest BCUT2D eigenvalue weighted by Gasteiger charge is 2.36. The topological polar surface area (TPSA) is 107 Å². The standard InChI is InChI=1S/C20H34O6/c1-2-3-4-5-6-7-9-15(21)12-13-16(22)19-14-17(23)18(26-19)10-8-11-20(24)25/h6-7,12-13,15-19,21-23H,2-5,8-11,14H2,1H3,(H,24,25)/b7-6-,13-12-/t15-,16-,17+,18+,19-/m1/s1. The number of aliphatic carboxylic acids is 1. The third-order valence-corrected chi connectivity index (χ3v) is 4.56. The minimum Gasteiger partial charge on any atom is -0.481 e. The summed E-state index contributed by atoms with van der Waals surface area (Å²) in [4.78, 5) is 10.5. The van der Waals surface area contributed by atoms with Crippen LogP contribution in [0, 0.1) is 0 Å². The van der Waals surface area contributed by atoms with Crippen molar-refractivity contribution in [2.24, 2.45) is 0 Å². The molecular weight excluding hydrogens is 336 g/mol. The van der Waals surface area contributed by atoms with Gasteiger partial charge in [-0.2, -0.15) is 0 Å². The summed E-state index contributed by atoms with van der Waals surface area (Å²) in [6.07, 6.45) is 10.1. The van der Waals surface area contributed by atoms with Crippen LogP contribution >= 0.6 is 0 Å². The zero-order valence-electron chi connectivity index (χ0n) is 15.7. The molecule has 0 aliphatic carbocycles. The van der Waals surface area contributed by atoms with E-state index in [0.29, 0.717) is 25.7 Å². The molecular formula is C20H34O6. The van der Waals surface area contributed by atoms with E-state index in [-0.39, 0.29) is 6.42 Å². The smallest absolute Gasteiger partial charge is 0.303 e. The third kappa shape index (κ3) is 9.48. The maximum atomic E-state index is 10.5. The molecule has 5 atom stereocenters. The molecule has 1 rings (SSSR count). The van der Waals surface area contributed by atoms with Crippen LogP contribution in [-0.2, 0) is 9.53 Å². The minimum absolute atomic E-state index is 0.0395. The molecule has 0 unspecified atom stereocenters. The average molecular weight is 370 g/mol. The van der Waals surface area contributed by atoms with Gasteiger partial charge in [-0.1, -0.05) is 44.1 Å². The van der Waals surface area contributed by atoms with Crippen LogP contribution in [0.4, 0.5) is 0 Å². The fourth-order valence-corrected chi connectivity index (χ4v) is 3.01. The van der Waals surface area contributed by atoms with Gasteiger partial charge in [-0.05, 0) is 32.1 Å². The van der Waals surface area contributed by atoms with Gasteiger partial charge in [0.15, 0.2) is 0 Å². The zero-order chi connectivity index (χ0) is 19.4. The van der Waals surface area contributed by atoms with Crippen molar-refractivity contribution in [3.05, 3.63) is 24.3 Å². The van der Waals surface area contributed by atoms with E-state index in [9.17, 15) is 20.1 Å². The molecule has 150 valence electrons. The fourth-order valence-electron chi connectivity index (χ4n) is 3.01. The number of hydrogen-bond acceptors (Lipinski definition) is 5. The first-order chi connectivity index (χ1) is 12.4. The number of carboxylic acids is 1. The maximum Gasteiger partial charge on any atom is 0.303 e. The molecule has 1 heterocycles. The van der Waals surface area contributed by atoms with Crippen LogP contribution in [0.3, 0.4) is 0 Å². The fraction of sp³-hybridized carbons (Fsp3) is 0.750. The zero-order valence-corrected chi connectivity index (χ0v) is 15.7. The number of carbonyl (C=O) groups is 1. The lowest BCUT2D eigenvalue weighted by Crippen LogP contribution is -2.25. The Balaban J connectivity index is 2.29. The van der Waals surface area contributed by atoms with Crippen molar-refractivity contribution >= 4 is 5.97 Å². The van der Waals surface area contributed by atoms with E-state index >= 15 is 0 Å². The first-order valence-electron chi connectivity index (χ1n) is 9.68. The second-order valence-corrected chi connectivity index (χ2v) is 6.95. The van der Waals surface area contributed by atoms with Gasteiger partial charge in [0.2, 0.25) is 0 Å². The summed E-state index contributed by atoms with van der Waals surface area (Å²) in [6, 6.07) is 0. The van der Waals surface area contributed by atoms with Gasteiger partial charge in [-0.15, -0.1) is 0 Å². The van der Waals surface area contributed by atoms with Crippen LogP contribution in [0.5, 0.6) is 0 Å². The first kappa shape index (κ1) is 22.8. The molecule has 0 spiro atoms. The molecule has 0 aromatic rings. The normalized spacial score (nSPS) is 25.9. The van der Waals surface area contributed by atoms with Gasteiger partial charge in [-0.25, -0.2) is 0 Å². The van der Waals surface area contributed by atoms with Crippen molar-refractivity contribution in [3.8, 4) is 0 Å². The molecule has 1 aliphatic rings. The Bertz CT molecular complexity index is 448. The number of hydrogen-bond donors (Lipinski definition) is 4. The molecule has 0 saturated carbocycles. The molecule has 6 nitrogen and oxygen atoms in total. The molecule has 4 N–H and O–H groups in total. The van der Waals surface area contributed by atoms with E-state index < -0.39 is 36.5 Å². The van der Waals surface area contributed by atoms with E-state index in [2.05, 4.69) is 13.0 Å². The van der Waals surface area contributed by atoms with Crippen molar-refractivity contribution in [2.45, 2.75) is 95.2 Å². The molecule has 26 heavy (non-hydrogen) atoms. The van der Waals surface area contributed by atoms with Gasteiger partial charge in [0, 0.05) is 12.8 Å². The summed E-state index contributed by atoms with van der Waals surface area (Å²) in [6.45, 7) is 2.16. The number of carboxylic acid groups (broad SMARTS) is 1. The summed E-state index contributed by atoms with van der Waals surface area (Å²) in [7, 11) is 0. The van der Waals surface area contributed by atoms with E-state index in [4.69, 9.17) is 9.84 Å². The van der Waals surface area contributed by atoms with Crippen LogP contribution in [0.25, 0.3) is 0 Å². The van der Waals surface area contributed by atoms with Gasteiger partial charge in [0.25, 0.3) is 0 Å². The summed E-state index contributed by atoms with van der Waals surface area (Å²) in [5, 5.41) is 38.7. The molecule has 1 saturated heterocycles. The van der Waals surface area contributed by atoms with E-state index in [0.717, 1.165) is 12.8 Å². The van der Waals surface area contributed by atoms with Gasteiger partial charge >= 0.3 is 5.97 Å². The predicted molar refractivity (Wildman–Crippen MR) is 99.8 cm³/mol. The molecule has 0 radical (unpaired) electrons. The molecule has 6 heteroatoms. The number of ether oxygens (including phenoxy) is 1. The van der Waals surface area contributed by atoms with E-state index in [1.54, 1.807) is 6.08 Å². The summed E-state index contributed by atoms with van der Waals surface area (Å²) >= 11 is 0. The number of aliphatic hydroxyl groups is 3.